The number of hydrogen-bond donors (Lipinski definition) is 1. The molecule has 1 N–H and O–H groups in total. The molecule has 9 heteroatoms. The molecule has 0 fully saturated rings. The molecular weight excluding hydrogens is 398 g/mol. The van der Waals surface area contributed by atoms with Gasteiger partial charge >= 0.3 is 0 Å². The van der Waals surface area contributed by atoms with Gasteiger partial charge in [0, 0.05) is 19.1 Å². The molecular formula is C19H21N3O4S2. The summed E-state index contributed by atoms with van der Waals surface area (Å²) < 4.78 is 28.2. The maximum Gasteiger partial charge on any atom is 0.226 e. The summed E-state index contributed by atoms with van der Waals surface area (Å²) in [5.74, 6) is 0.999. The first kappa shape index (κ1) is 20.2. The Morgan fingerprint density at radius 1 is 1.25 bits per heavy atom. The van der Waals surface area contributed by atoms with Gasteiger partial charge < -0.3 is 9.84 Å². The van der Waals surface area contributed by atoms with Crippen molar-refractivity contribution in [3.63, 3.8) is 0 Å². The first-order chi connectivity index (χ1) is 13.3. The van der Waals surface area contributed by atoms with Gasteiger partial charge in [0.1, 0.15) is 0 Å². The standard InChI is InChI=1S/C19H21N3O4S2/c1-13(14-8-10-15(11-9-14)28(2,24)25)20-17(23)6-3-7-18-21-19(22-26-18)16-5-4-12-27-16/h4-5,8-13H,3,6-7H2,1-2H3,(H,20,23). The first-order valence-corrected chi connectivity index (χ1v) is 11.6. The number of carbonyl (C=O) groups is 1. The Bertz CT molecular complexity index is 1030. The molecule has 1 amide bonds. The van der Waals surface area contributed by atoms with E-state index in [1.165, 1.54) is 6.26 Å². The average Bonchev–Trinajstić information content (AvgIpc) is 3.32. The third kappa shape index (κ3) is 5.26. The lowest BCUT2D eigenvalue weighted by Gasteiger charge is -2.14. The fraction of sp³-hybridized carbons (Fsp3) is 0.316. The summed E-state index contributed by atoms with van der Waals surface area (Å²) in [5, 5.41) is 8.81. The summed E-state index contributed by atoms with van der Waals surface area (Å²) in [6.45, 7) is 1.86. The molecule has 2 heterocycles. The molecule has 0 saturated carbocycles. The largest absolute Gasteiger partial charge is 0.350 e. The molecule has 1 aromatic carbocycles. The second-order valence-electron chi connectivity index (χ2n) is 6.47. The highest BCUT2D eigenvalue weighted by atomic mass is 32.2. The predicted octanol–water partition coefficient (Wildman–Crippen LogP) is 3.40. The van der Waals surface area contributed by atoms with Crippen molar-refractivity contribution in [2.45, 2.75) is 37.1 Å². The van der Waals surface area contributed by atoms with Crippen molar-refractivity contribution in [1.29, 1.82) is 0 Å². The summed E-state index contributed by atoms with van der Waals surface area (Å²) in [4.78, 5) is 17.7. The van der Waals surface area contributed by atoms with E-state index >= 15 is 0 Å². The van der Waals surface area contributed by atoms with Crippen LogP contribution in [0.1, 0.15) is 37.3 Å². The normalized spacial score (nSPS) is 12.6. The van der Waals surface area contributed by atoms with Crippen LogP contribution in [-0.2, 0) is 21.1 Å². The van der Waals surface area contributed by atoms with Crippen LogP contribution < -0.4 is 5.32 Å². The molecule has 3 aromatic rings. The third-order valence-electron chi connectivity index (χ3n) is 4.19. The highest BCUT2D eigenvalue weighted by molar-refractivity contribution is 7.90. The molecule has 1 atom stereocenters. The van der Waals surface area contributed by atoms with Crippen LogP contribution in [0.25, 0.3) is 10.7 Å². The van der Waals surface area contributed by atoms with E-state index in [4.69, 9.17) is 4.52 Å². The van der Waals surface area contributed by atoms with Gasteiger partial charge in [0.25, 0.3) is 0 Å². The Kier molecular flexibility index (Phi) is 6.25. The van der Waals surface area contributed by atoms with E-state index in [0.717, 1.165) is 10.4 Å². The van der Waals surface area contributed by atoms with Crippen LogP contribution in [-0.4, -0.2) is 30.7 Å². The molecule has 2 aromatic heterocycles. The van der Waals surface area contributed by atoms with Crippen LogP contribution in [0.3, 0.4) is 0 Å². The van der Waals surface area contributed by atoms with Gasteiger partial charge in [-0.3, -0.25) is 4.79 Å². The van der Waals surface area contributed by atoms with Crippen LogP contribution in [0.4, 0.5) is 0 Å². The molecule has 28 heavy (non-hydrogen) atoms. The van der Waals surface area contributed by atoms with E-state index < -0.39 is 9.84 Å². The minimum absolute atomic E-state index is 0.0855. The number of nitrogens with one attached hydrogen (secondary N) is 1. The number of hydrogen-bond acceptors (Lipinski definition) is 7. The number of aromatic nitrogens is 2. The maximum absolute atomic E-state index is 12.2. The summed E-state index contributed by atoms with van der Waals surface area (Å²) in [5.41, 5.74) is 0.846. The molecule has 0 aliphatic carbocycles. The van der Waals surface area contributed by atoms with E-state index in [1.54, 1.807) is 35.6 Å². The van der Waals surface area contributed by atoms with Gasteiger partial charge in [-0.05, 0) is 42.5 Å². The Hall–Kier alpha value is -2.52. The molecule has 0 radical (unpaired) electrons. The monoisotopic (exact) mass is 419 g/mol. The van der Waals surface area contributed by atoms with E-state index in [9.17, 15) is 13.2 Å². The molecule has 148 valence electrons. The quantitative estimate of drug-likeness (QED) is 0.600. The lowest BCUT2D eigenvalue weighted by atomic mass is 10.1. The molecule has 0 aliphatic heterocycles. The van der Waals surface area contributed by atoms with Gasteiger partial charge in [-0.15, -0.1) is 11.3 Å². The number of thiophene rings is 1. The van der Waals surface area contributed by atoms with Crippen LogP contribution in [0.2, 0.25) is 0 Å². The first-order valence-electron chi connectivity index (χ1n) is 8.79. The zero-order valence-corrected chi connectivity index (χ0v) is 17.2. The van der Waals surface area contributed by atoms with Crippen LogP contribution in [0.5, 0.6) is 0 Å². The SMILES string of the molecule is CC(NC(=O)CCCc1nc(-c2cccs2)no1)c1ccc(S(C)(=O)=O)cc1. The van der Waals surface area contributed by atoms with Crippen LogP contribution in [0.15, 0.2) is 51.2 Å². The van der Waals surface area contributed by atoms with Gasteiger partial charge in [-0.1, -0.05) is 23.4 Å². The second kappa shape index (κ2) is 8.66. The van der Waals surface area contributed by atoms with Crippen LogP contribution >= 0.6 is 11.3 Å². The number of rotatable bonds is 8. The van der Waals surface area contributed by atoms with Crippen molar-refractivity contribution < 1.29 is 17.7 Å². The number of carbonyl (C=O) groups excluding carboxylic acids is 1. The van der Waals surface area contributed by atoms with Gasteiger partial charge in [0.15, 0.2) is 9.84 Å². The average molecular weight is 420 g/mol. The molecule has 1 unspecified atom stereocenters. The van der Waals surface area contributed by atoms with Crippen molar-refractivity contribution >= 4 is 27.1 Å². The Morgan fingerprint density at radius 2 is 2.00 bits per heavy atom. The lowest BCUT2D eigenvalue weighted by Crippen LogP contribution is -2.26. The zero-order valence-electron chi connectivity index (χ0n) is 15.6. The summed E-state index contributed by atoms with van der Waals surface area (Å²) in [6.07, 6.45) is 2.63. The van der Waals surface area contributed by atoms with Gasteiger partial charge in [0.05, 0.1) is 15.8 Å². The fourth-order valence-corrected chi connectivity index (χ4v) is 3.94. The summed E-state index contributed by atoms with van der Waals surface area (Å²) in [6, 6.07) is 10.2. The van der Waals surface area contributed by atoms with Crippen molar-refractivity contribution in [2.75, 3.05) is 6.26 Å². The topological polar surface area (TPSA) is 102 Å². The number of aryl methyl sites for hydroxylation is 1. The lowest BCUT2D eigenvalue weighted by molar-refractivity contribution is -0.121. The summed E-state index contributed by atoms with van der Waals surface area (Å²) in [7, 11) is -3.23. The molecule has 0 saturated heterocycles. The van der Waals surface area contributed by atoms with E-state index in [1.807, 2.05) is 24.4 Å². The Labute approximate surface area is 167 Å². The highest BCUT2D eigenvalue weighted by Crippen LogP contribution is 2.21. The zero-order chi connectivity index (χ0) is 20.1. The van der Waals surface area contributed by atoms with Gasteiger partial charge in [-0.25, -0.2) is 8.42 Å². The molecule has 0 aliphatic rings. The molecule has 0 spiro atoms. The van der Waals surface area contributed by atoms with Crippen molar-refractivity contribution in [3.8, 4) is 10.7 Å². The van der Waals surface area contributed by atoms with E-state index in [2.05, 4.69) is 15.5 Å². The third-order valence-corrected chi connectivity index (χ3v) is 6.18. The molecule has 3 rings (SSSR count). The highest BCUT2D eigenvalue weighted by Gasteiger charge is 2.13. The number of nitrogens with zero attached hydrogens (tertiary/aromatic N) is 2. The molecule has 0 bridgehead atoms. The Balaban J connectivity index is 1.46. The second-order valence-corrected chi connectivity index (χ2v) is 9.44. The van der Waals surface area contributed by atoms with E-state index in [-0.39, 0.29) is 16.8 Å². The van der Waals surface area contributed by atoms with Gasteiger partial charge in [-0.2, -0.15) is 4.98 Å². The Morgan fingerprint density at radius 3 is 2.64 bits per heavy atom. The minimum atomic E-state index is -3.23. The van der Waals surface area contributed by atoms with Crippen molar-refractivity contribution in [2.24, 2.45) is 0 Å². The summed E-state index contributed by atoms with van der Waals surface area (Å²) >= 11 is 1.54. The van der Waals surface area contributed by atoms with Crippen molar-refractivity contribution in [3.05, 3.63) is 53.2 Å². The van der Waals surface area contributed by atoms with Crippen LogP contribution in [0, 0.1) is 0 Å². The molecule has 7 nitrogen and oxygen atoms in total. The number of benzene rings is 1. The predicted molar refractivity (Wildman–Crippen MR) is 107 cm³/mol. The van der Waals surface area contributed by atoms with E-state index in [0.29, 0.717) is 31.0 Å². The van der Waals surface area contributed by atoms with Gasteiger partial charge in [0.2, 0.25) is 17.6 Å². The minimum Gasteiger partial charge on any atom is -0.350 e. The maximum atomic E-state index is 12.2. The number of sulfone groups is 1. The fourth-order valence-electron chi connectivity index (χ4n) is 2.66. The smallest absolute Gasteiger partial charge is 0.226 e. The van der Waals surface area contributed by atoms with Crippen molar-refractivity contribution in [1.82, 2.24) is 15.5 Å². The number of amides is 1.